The summed E-state index contributed by atoms with van der Waals surface area (Å²) in [7, 11) is 0. The summed E-state index contributed by atoms with van der Waals surface area (Å²) in [5, 5.41) is 14.3. The van der Waals surface area contributed by atoms with Crippen LogP contribution in [0.2, 0.25) is 0 Å². The molecule has 2 heterocycles. The zero-order chi connectivity index (χ0) is 14.8. The molecule has 21 heavy (non-hydrogen) atoms. The van der Waals surface area contributed by atoms with E-state index in [1.54, 1.807) is 10.9 Å². The number of carboxylic acid groups (broad SMARTS) is 1. The van der Waals surface area contributed by atoms with Gasteiger partial charge in [-0.05, 0) is 6.92 Å². The molecule has 3 aromatic rings. The summed E-state index contributed by atoms with van der Waals surface area (Å²) >= 11 is 1.18. The first-order valence-electron chi connectivity index (χ1n) is 6.51. The van der Waals surface area contributed by atoms with Crippen LogP contribution in [0.15, 0.2) is 42.7 Å². The van der Waals surface area contributed by atoms with Crippen molar-refractivity contribution in [3.05, 3.63) is 47.6 Å². The molecule has 0 radical (unpaired) electrons. The molecule has 0 aliphatic rings. The van der Waals surface area contributed by atoms with E-state index >= 15 is 0 Å². The molecule has 0 bridgehead atoms. The van der Waals surface area contributed by atoms with Crippen LogP contribution in [-0.2, 0) is 6.54 Å². The minimum Gasteiger partial charge on any atom is -0.477 e. The molecule has 106 valence electrons. The lowest BCUT2D eigenvalue weighted by atomic mass is 10.1. The fourth-order valence-electron chi connectivity index (χ4n) is 2.03. The number of carbonyl (C=O) groups is 1. The van der Waals surface area contributed by atoms with E-state index in [1.165, 1.54) is 11.3 Å². The van der Waals surface area contributed by atoms with E-state index in [-0.39, 0.29) is 4.88 Å². The highest BCUT2D eigenvalue weighted by molar-refractivity contribution is 7.17. The predicted molar refractivity (Wildman–Crippen MR) is 81.4 cm³/mol. The summed E-state index contributed by atoms with van der Waals surface area (Å²) in [5.74, 6) is -0.958. The molecule has 1 aromatic carbocycles. The number of aromatic carboxylic acids is 1. The van der Waals surface area contributed by atoms with Gasteiger partial charge < -0.3 is 5.11 Å². The van der Waals surface area contributed by atoms with Crippen molar-refractivity contribution in [3.8, 4) is 21.8 Å². The summed E-state index contributed by atoms with van der Waals surface area (Å²) in [6.07, 6.45) is 3.59. The third kappa shape index (κ3) is 2.57. The number of aromatic nitrogens is 3. The molecule has 0 atom stereocenters. The first-order valence-corrected chi connectivity index (χ1v) is 7.33. The Labute approximate surface area is 125 Å². The lowest BCUT2D eigenvalue weighted by Crippen LogP contribution is -1.95. The number of rotatable bonds is 4. The van der Waals surface area contributed by atoms with Gasteiger partial charge in [0.15, 0.2) is 0 Å². The molecule has 0 aliphatic heterocycles. The van der Waals surface area contributed by atoms with Gasteiger partial charge in [0.2, 0.25) is 0 Å². The average molecular weight is 299 g/mol. The van der Waals surface area contributed by atoms with E-state index in [1.807, 2.05) is 43.5 Å². The lowest BCUT2D eigenvalue weighted by Gasteiger charge is -1.97. The van der Waals surface area contributed by atoms with Crippen molar-refractivity contribution in [2.75, 3.05) is 0 Å². The van der Waals surface area contributed by atoms with Gasteiger partial charge in [0, 0.05) is 23.9 Å². The van der Waals surface area contributed by atoms with Gasteiger partial charge in [0.05, 0.1) is 11.9 Å². The summed E-state index contributed by atoms with van der Waals surface area (Å²) in [4.78, 5) is 16.2. The normalized spacial score (nSPS) is 10.7. The predicted octanol–water partition coefficient (Wildman–Crippen LogP) is 3.39. The zero-order valence-electron chi connectivity index (χ0n) is 11.4. The van der Waals surface area contributed by atoms with Crippen molar-refractivity contribution in [2.45, 2.75) is 13.5 Å². The number of hydrogen-bond donors (Lipinski definition) is 1. The zero-order valence-corrected chi connectivity index (χ0v) is 12.2. The van der Waals surface area contributed by atoms with E-state index in [2.05, 4.69) is 10.1 Å². The molecule has 0 aliphatic carbocycles. The molecule has 0 saturated carbocycles. The molecular weight excluding hydrogens is 286 g/mol. The molecule has 2 aromatic heterocycles. The fraction of sp³-hybridized carbons (Fsp3) is 0.133. The van der Waals surface area contributed by atoms with E-state index in [0.29, 0.717) is 10.7 Å². The molecule has 5 nitrogen and oxygen atoms in total. The van der Waals surface area contributed by atoms with Crippen LogP contribution in [0, 0.1) is 0 Å². The summed E-state index contributed by atoms with van der Waals surface area (Å²) in [6, 6.07) is 9.36. The van der Waals surface area contributed by atoms with E-state index < -0.39 is 5.97 Å². The van der Waals surface area contributed by atoms with Crippen LogP contribution < -0.4 is 0 Å². The molecule has 6 heteroatoms. The van der Waals surface area contributed by atoms with Crippen LogP contribution in [0.25, 0.3) is 21.8 Å². The number of benzene rings is 1. The Morgan fingerprint density at radius 2 is 2.05 bits per heavy atom. The highest BCUT2D eigenvalue weighted by Gasteiger charge is 2.20. The molecule has 0 amide bonds. The Morgan fingerprint density at radius 1 is 1.29 bits per heavy atom. The molecule has 0 unspecified atom stereocenters. The van der Waals surface area contributed by atoms with Crippen molar-refractivity contribution in [3.63, 3.8) is 0 Å². The van der Waals surface area contributed by atoms with Crippen molar-refractivity contribution < 1.29 is 9.90 Å². The maximum atomic E-state index is 11.5. The number of hydrogen-bond acceptors (Lipinski definition) is 4. The van der Waals surface area contributed by atoms with Crippen LogP contribution in [0.1, 0.15) is 16.6 Å². The van der Waals surface area contributed by atoms with Gasteiger partial charge in [-0.3, -0.25) is 4.68 Å². The highest BCUT2D eigenvalue weighted by atomic mass is 32.1. The van der Waals surface area contributed by atoms with Gasteiger partial charge in [0.25, 0.3) is 0 Å². The Balaban J connectivity index is 2.10. The van der Waals surface area contributed by atoms with E-state index in [9.17, 15) is 9.90 Å². The molecule has 1 N–H and O–H groups in total. The Hall–Kier alpha value is -2.47. The largest absolute Gasteiger partial charge is 0.477 e. The Bertz CT molecular complexity index is 777. The molecule has 3 rings (SSSR count). The van der Waals surface area contributed by atoms with Gasteiger partial charge in [-0.25, -0.2) is 9.78 Å². The fourth-order valence-corrected chi connectivity index (χ4v) is 2.93. The minimum atomic E-state index is -0.958. The van der Waals surface area contributed by atoms with Gasteiger partial charge in [-0.15, -0.1) is 11.3 Å². The maximum Gasteiger partial charge on any atom is 0.348 e. The maximum absolute atomic E-state index is 11.5. The van der Waals surface area contributed by atoms with Crippen LogP contribution in [0.4, 0.5) is 0 Å². The molecule has 0 spiro atoms. The molecule has 0 saturated heterocycles. The third-order valence-corrected chi connectivity index (χ3v) is 4.17. The number of aryl methyl sites for hydroxylation is 1. The first kappa shape index (κ1) is 13.5. The second-order valence-corrected chi connectivity index (χ2v) is 5.45. The van der Waals surface area contributed by atoms with E-state index in [0.717, 1.165) is 17.7 Å². The van der Waals surface area contributed by atoms with Gasteiger partial charge in [0.1, 0.15) is 9.88 Å². The summed E-state index contributed by atoms with van der Waals surface area (Å²) in [5.41, 5.74) is 2.15. The second-order valence-electron chi connectivity index (χ2n) is 4.45. The summed E-state index contributed by atoms with van der Waals surface area (Å²) in [6.45, 7) is 2.76. The van der Waals surface area contributed by atoms with Crippen LogP contribution in [0.5, 0.6) is 0 Å². The van der Waals surface area contributed by atoms with Crippen LogP contribution >= 0.6 is 11.3 Å². The Kier molecular flexibility index (Phi) is 3.53. The first-order chi connectivity index (χ1) is 10.2. The van der Waals surface area contributed by atoms with Gasteiger partial charge in [-0.2, -0.15) is 5.10 Å². The van der Waals surface area contributed by atoms with Gasteiger partial charge >= 0.3 is 5.97 Å². The summed E-state index contributed by atoms with van der Waals surface area (Å²) < 4.78 is 1.79. The monoisotopic (exact) mass is 299 g/mol. The molecular formula is C15H13N3O2S. The van der Waals surface area contributed by atoms with Crippen LogP contribution in [-0.4, -0.2) is 25.8 Å². The topological polar surface area (TPSA) is 68.0 Å². The second kappa shape index (κ2) is 5.49. The molecule has 0 fully saturated rings. The Morgan fingerprint density at radius 3 is 2.67 bits per heavy atom. The number of nitrogens with zero attached hydrogens (tertiary/aromatic N) is 3. The number of carboxylic acids is 1. The van der Waals surface area contributed by atoms with Gasteiger partial charge in [-0.1, -0.05) is 30.3 Å². The SMILES string of the molecule is CCn1cc(-c2nc(-c3ccccc3)c(C(=O)O)s2)cn1. The number of thiazole rings is 1. The highest BCUT2D eigenvalue weighted by Crippen LogP contribution is 2.33. The van der Waals surface area contributed by atoms with Crippen LogP contribution in [0.3, 0.4) is 0 Å². The average Bonchev–Trinajstić information content (AvgIpc) is 3.14. The van der Waals surface area contributed by atoms with Crippen molar-refractivity contribution >= 4 is 17.3 Å². The smallest absolute Gasteiger partial charge is 0.348 e. The van der Waals surface area contributed by atoms with Crippen molar-refractivity contribution in [1.29, 1.82) is 0 Å². The van der Waals surface area contributed by atoms with Crippen molar-refractivity contribution in [2.24, 2.45) is 0 Å². The third-order valence-electron chi connectivity index (χ3n) is 3.07. The standard InChI is InChI=1S/C15H13N3O2S/c1-2-18-9-11(8-16-18)14-17-12(13(21-14)15(19)20)10-6-4-3-5-7-10/h3-9H,2H2,1H3,(H,19,20). The minimum absolute atomic E-state index is 0.250. The quantitative estimate of drug-likeness (QED) is 0.801. The van der Waals surface area contributed by atoms with E-state index in [4.69, 9.17) is 0 Å². The lowest BCUT2D eigenvalue weighted by molar-refractivity contribution is 0.0702. The van der Waals surface area contributed by atoms with Crippen molar-refractivity contribution in [1.82, 2.24) is 14.8 Å².